The van der Waals surface area contributed by atoms with Crippen molar-refractivity contribution in [2.24, 2.45) is 0 Å². The van der Waals surface area contributed by atoms with Crippen LogP contribution >= 0.6 is 0 Å². The number of piperazine rings is 1. The van der Waals surface area contributed by atoms with E-state index in [9.17, 15) is 4.79 Å². The number of carbonyl (C=O) groups excluding carboxylic acids is 1. The van der Waals surface area contributed by atoms with E-state index in [1.807, 2.05) is 12.4 Å². The maximum absolute atomic E-state index is 12.2. The highest BCUT2D eigenvalue weighted by molar-refractivity contribution is 5.96. The Morgan fingerprint density at radius 2 is 1.76 bits per heavy atom. The second kappa shape index (κ2) is 8.61. The summed E-state index contributed by atoms with van der Waals surface area (Å²) in [6.45, 7) is 8.64. The van der Waals surface area contributed by atoms with Gasteiger partial charge in [0.25, 0.3) is 5.91 Å². The van der Waals surface area contributed by atoms with E-state index in [2.05, 4.69) is 63.8 Å². The second-order valence-electron chi connectivity index (χ2n) is 9.31. The molecule has 1 fully saturated rings. The topological polar surface area (TPSA) is 81.5 Å². The van der Waals surface area contributed by atoms with Crippen LogP contribution in [0.15, 0.2) is 41.3 Å². The first kappa shape index (κ1) is 22.2. The Labute approximate surface area is 199 Å². The SMILES string of the molecule is Cc1cc(-c2cnc3[nH]cc(-c4nc(C(=O)N(C)C)co4)c3c2)cc(C)c1N1CCN(C)CC1. The predicted octanol–water partition coefficient (Wildman–Crippen LogP) is 3.96. The summed E-state index contributed by atoms with van der Waals surface area (Å²) < 4.78 is 5.65. The van der Waals surface area contributed by atoms with Crippen LogP contribution in [0.3, 0.4) is 0 Å². The molecule has 8 heteroatoms. The van der Waals surface area contributed by atoms with Gasteiger partial charge in [0, 0.05) is 69.3 Å². The van der Waals surface area contributed by atoms with Crippen LogP contribution in [0.5, 0.6) is 0 Å². The zero-order chi connectivity index (χ0) is 24.0. The fourth-order valence-electron chi connectivity index (χ4n) is 4.71. The van der Waals surface area contributed by atoms with Crippen molar-refractivity contribution in [3.05, 3.63) is 53.7 Å². The number of oxazole rings is 1. The van der Waals surface area contributed by atoms with Gasteiger partial charge in [-0.15, -0.1) is 0 Å². The van der Waals surface area contributed by atoms with Gasteiger partial charge in [-0.1, -0.05) is 0 Å². The molecule has 0 spiro atoms. The maximum Gasteiger partial charge on any atom is 0.275 e. The number of hydrogen-bond acceptors (Lipinski definition) is 6. The van der Waals surface area contributed by atoms with Crippen molar-refractivity contribution in [2.45, 2.75) is 13.8 Å². The van der Waals surface area contributed by atoms with E-state index in [0.29, 0.717) is 5.89 Å². The Balaban J connectivity index is 1.50. The molecule has 4 aromatic rings. The Hall–Kier alpha value is -3.65. The smallest absolute Gasteiger partial charge is 0.275 e. The molecule has 1 aliphatic rings. The van der Waals surface area contributed by atoms with Gasteiger partial charge in [-0.05, 0) is 55.8 Å². The number of nitrogens with one attached hydrogen (secondary N) is 1. The Kier molecular flexibility index (Phi) is 5.61. The molecule has 0 bridgehead atoms. The van der Waals surface area contributed by atoms with Gasteiger partial charge in [-0.2, -0.15) is 0 Å². The van der Waals surface area contributed by atoms with E-state index < -0.39 is 0 Å². The molecule has 0 radical (unpaired) electrons. The third kappa shape index (κ3) is 3.94. The lowest BCUT2D eigenvalue weighted by atomic mass is 9.98. The maximum atomic E-state index is 12.2. The lowest BCUT2D eigenvalue weighted by molar-refractivity contribution is 0.0822. The first-order valence-corrected chi connectivity index (χ1v) is 11.5. The van der Waals surface area contributed by atoms with Crippen molar-refractivity contribution in [3.8, 4) is 22.6 Å². The van der Waals surface area contributed by atoms with Crippen LogP contribution in [0.4, 0.5) is 5.69 Å². The largest absolute Gasteiger partial charge is 0.444 e. The highest BCUT2D eigenvalue weighted by atomic mass is 16.3. The summed E-state index contributed by atoms with van der Waals surface area (Å²) in [4.78, 5) is 30.8. The van der Waals surface area contributed by atoms with Gasteiger partial charge >= 0.3 is 0 Å². The fourth-order valence-corrected chi connectivity index (χ4v) is 4.71. The molecular weight excluding hydrogens is 428 g/mol. The number of aromatic amines is 1. The fraction of sp³-hybridized carbons (Fsp3) is 0.346. The van der Waals surface area contributed by atoms with Crippen molar-refractivity contribution >= 4 is 22.6 Å². The highest BCUT2D eigenvalue weighted by Crippen LogP contribution is 2.34. The number of benzene rings is 1. The minimum absolute atomic E-state index is 0.194. The lowest BCUT2D eigenvalue weighted by Gasteiger charge is -2.36. The Morgan fingerprint density at radius 1 is 1.06 bits per heavy atom. The minimum atomic E-state index is -0.194. The third-order valence-corrected chi connectivity index (χ3v) is 6.53. The standard InChI is InChI=1S/C26H30N6O2/c1-16-10-18(11-17(2)23(16)32-8-6-31(5)7-9-32)19-12-20-21(14-28-24(20)27-13-19)25-29-22(15-34-25)26(33)30(3)4/h10-15H,6-9H2,1-5H3,(H,27,28). The molecule has 3 aromatic heterocycles. The van der Waals surface area contributed by atoms with Gasteiger partial charge in [0.2, 0.25) is 5.89 Å². The summed E-state index contributed by atoms with van der Waals surface area (Å²) in [6.07, 6.45) is 5.12. The average Bonchev–Trinajstić information content (AvgIpc) is 3.45. The van der Waals surface area contributed by atoms with Crippen molar-refractivity contribution in [2.75, 3.05) is 52.2 Å². The van der Waals surface area contributed by atoms with E-state index in [0.717, 1.165) is 53.9 Å². The van der Waals surface area contributed by atoms with Crippen LogP contribution in [0, 0.1) is 13.8 Å². The average molecular weight is 459 g/mol. The summed E-state index contributed by atoms with van der Waals surface area (Å²) in [5, 5.41) is 0.904. The van der Waals surface area contributed by atoms with Gasteiger partial charge in [0.15, 0.2) is 5.69 Å². The number of H-pyrrole nitrogens is 1. The van der Waals surface area contributed by atoms with E-state index in [1.54, 1.807) is 14.1 Å². The second-order valence-corrected chi connectivity index (χ2v) is 9.31. The van der Waals surface area contributed by atoms with Gasteiger partial charge in [0.05, 0.1) is 5.56 Å². The van der Waals surface area contributed by atoms with E-state index in [4.69, 9.17) is 4.42 Å². The summed E-state index contributed by atoms with van der Waals surface area (Å²) in [5.74, 6) is 0.202. The molecule has 4 heterocycles. The van der Waals surface area contributed by atoms with Crippen molar-refractivity contribution in [3.63, 3.8) is 0 Å². The van der Waals surface area contributed by atoms with E-state index >= 15 is 0 Å². The van der Waals surface area contributed by atoms with Gasteiger partial charge in [0.1, 0.15) is 11.9 Å². The molecule has 1 saturated heterocycles. The number of hydrogen-bond donors (Lipinski definition) is 1. The van der Waals surface area contributed by atoms with Crippen LogP contribution in [0.1, 0.15) is 21.6 Å². The molecule has 34 heavy (non-hydrogen) atoms. The zero-order valence-electron chi connectivity index (χ0n) is 20.3. The van der Waals surface area contributed by atoms with Crippen LogP contribution in [0.2, 0.25) is 0 Å². The monoisotopic (exact) mass is 458 g/mol. The Bertz CT molecular complexity index is 1340. The summed E-state index contributed by atoms with van der Waals surface area (Å²) >= 11 is 0. The molecule has 0 unspecified atom stereocenters. The Morgan fingerprint density at radius 3 is 2.44 bits per heavy atom. The molecule has 176 valence electrons. The summed E-state index contributed by atoms with van der Waals surface area (Å²) in [6, 6.07) is 6.60. The molecular formula is C26H30N6O2. The van der Waals surface area contributed by atoms with Gasteiger partial charge in [-0.3, -0.25) is 4.79 Å². The van der Waals surface area contributed by atoms with Gasteiger partial charge in [-0.25, -0.2) is 9.97 Å². The van der Waals surface area contributed by atoms with Crippen LogP contribution in [0.25, 0.3) is 33.6 Å². The first-order chi connectivity index (χ1) is 16.3. The molecule has 0 atom stereocenters. The van der Waals surface area contributed by atoms with Crippen LogP contribution in [-0.2, 0) is 0 Å². The summed E-state index contributed by atoms with van der Waals surface area (Å²) in [7, 11) is 5.56. The van der Waals surface area contributed by atoms with Crippen molar-refractivity contribution in [1.29, 1.82) is 0 Å². The minimum Gasteiger partial charge on any atom is -0.444 e. The van der Waals surface area contributed by atoms with Crippen molar-refractivity contribution < 1.29 is 9.21 Å². The molecule has 1 amide bonds. The predicted molar refractivity (Wildman–Crippen MR) is 134 cm³/mol. The molecule has 8 nitrogen and oxygen atoms in total. The molecule has 0 aliphatic carbocycles. The number of likely N-dealkylation sites (N-methyl/N-ethyl adjacent to an activating group) is 1. The van der Waals surface area contributed by atoms with Crippen LogP contribution in [-0.4, -0.2) is 78.0 Å². The number of aryl methyl sites for hydroxylation is 2. The van der Waals surface area contributed by atoms with Crippen LogP contribution < -0.4 is 4.90 Å². The number of nitrogens with zero attached hydrogens (tertiary/aromatic N) is 5. The number of carbonyl (C=O) groups is 1. The zero-order valence-corrected chi connectivity index (χ0v) is 20.3. The molecule has 1 aliphatic heterocycles. The molecule has 1 aromatic carbocycles. The quantitative estimate of drug-likeness (QED) is 0.499. The third-order valence-electron chi connectivity index (χ3n) is 6.53. The number of aromatic nitrogens is 3. The first-order valence-electron chi connectivity index (χ1n) is 11.5. The number of anilines is 1. The lowest BCUT2D eigenvalue weighted by Crippen LogP contribution is -2.45. The van der Waals surface area contributed by atoms with Gasteiger partial charge < -0.3 is 24.1 Å². The van der Waals surface area contributed by atoms with Crippen molar-refractivity contribution in [1.82, 2.24) is 24.8 Å². The molecule has 5 rings (SSSR count). The number of rotatable bonds is 4. The number of pyridine rings is 1. The molecule has 1 N–H and O–H groups in total. The van der Waals surface area contributed by atoms with E-state index in [1.165, 1.54) is 28.0 Å². The molecule has 0 saturated carbocycles. The highest BCUT2D eigenvalue weighted by Gasteiger charge is 2.20. The number of amides is 1. The van der Waals surface area contributed by atoms with E-state index in [-0.39, 0.29) is 11.6 Å². The summed E-state index contributed by atoms with van der Waals surface area (Å²) in [5.41, 5.74) is 7.85. The number of fused-ring (bicyclic) bond motifs is 1. The normalized spacial score (nSPS) is 14.7.